The van der Waals surface area contributed by atoms with E-state index in [1.54, 1.807) is 0 Å². The van der Waals surface area contributed by atoms with Crippen LogP contribution in [-0.2, 0) is 0 Å². The van der Waals surface area contributed by atoms with E-state index in [0.717, 1.165) is 28.4 Å². The summed E-state index contributed by atoms with van der Waals surface area (Å²) in [5.41, 5.74) is 7.60. The van der Waals surface area contributed by atoms with Gasteiger partial charge in [-0.15, -0.1) is 0 Å². The van der Waals surface area contributed by atoms with Crippen LogP contribution in [0.1, 0.15) is 35.2 Å². The summed E-state index contributed by atoms with van der Waals surface area (Å²) in [5.74, 6) is 0.556. The maximum atomic E-state index is 12.6. The number of hydrogen-bond donors (Lipinski definition) is 1. The van der Waals surface area contributed by atoms with E-state index in [0.29, 0.717) is 18.5 Å². The van der Waals surface area contributed by atoms with Gasteiger partial charge in [-0.1, -0.05) is 22.4 Å². The Morgan fingerprint density at radius 1 is 1.47 bits per heavy atom. The summed E-state index contributed by atoms with van der Waals surface area (Å²) in [6, 6.07) is 6.09. The van der Waals surface area contributed by atoms with Gasteiger partial charge in [-0.2, -0.15) is 0 Å². The highest BCUT2D eigenvalue weighted by Gasteiger charge is 2.32. The van der Waals surface area contributed by atoms with Crippen LogP contribution in [0.15, 0.2) is 22.7 Å². The Bertz CT molecular complexity index is 475. The van der Waals surface area contributed by atoms with Gasteiger partial charge in [0.15, 0.2) is 0 Å². The lowest BCUT2D eigenvalue weighted by atomic mass is 10.0. The van der Waals surface area contributed by atoms with E-state index in [4.69, 9.17) is 5.73 Å². The average Bonchev–Trinajstić information content (AvgIpc) is 2.85. The van der Waals surface area contributed by atoms with Crippen LogP contribution in [0, 0.1) is 12.8 Å². The van der Waals surface area contributed by atoms with E-state index in [1.807, 2.05) is 37.1 Å². The minimum atomic E-state index is 0.107. The highest BCUT2D eigenvalue weighted by Crippen LogP contribution is 2.29. The standard InChI is InChI=1S/C15H21BrN2O/c1-10-8-12(16)6-7-13(10)15(19)18(2)14-5-3-4-11(14)9-17/h6-8,11,14H,3-5,9,17H2,1-2H3. The number of nitrogens with two attached hydrogens (primary N) is 1. The molecule has 1 aromatic carbocycles. The molecule has 0 bridgehead atoms. The molecule has 2 atom stereocenters. The molecular weight excluding hydrogens is 304 g/mol. The van der Waals surface area contributed by atoms with Crippen LogP contribution in [0.5, 0.6) is 0 Å². The van der Waals surface area contributed by atoms with Crippen molar-refractivity contribution in [2.24, 2.45) is 11.7 Å². The Kier molecular flexibility index (Phi) is 4.63. The van der Waals surface area contributed by atoms with Gasteiger partial charge < -0.3 is 10.6 Å². The lowest BCUT2D eigenvalue weighted by Crippen LogP contribution is -2.41. The molecule has 3 nitrogen and oxygen atoms in total. The van der Waals surface area contributed by atoms with Gasteiger partial charge in [0.25, 0.3) is 5.91 Å². The second kappa shape index (κ2) is 6.06. The number of benzene rings is 1. The van der Waals surface area contributed by atoms with Crippen molar-refractivity contribution in [3.8, 4) is 0 Å². The van der Waals surface area contributed by atoms with Gasteiger partial charge >= 0.3 is 0 Å². The van der Waals surface area contributed by atoms with Crippen molar-refractivity contribution >= 4 is 21.8 Å². The fraction of sp³-hybridized carbons (Fsp3) is 0.533. The first-order valence-electron chi connectivity index (χ1n) is 6.78. The second-order valence-electron chi connectivity index (χ2n) is 5.37. The molecule has 0 heterocycles. The second-order valence-corrected chi connectivity index (χ2v) is 6.29. The topological polar surface area (TPSA) is 46.3 Å². The van der Waals surface area contributed by atoms with E-state index >= 15 is 0 Å². The van der Waals surface area contributed by atoms with Gasteiger partial charge in [-0.3, -0.25) is 4.79 Å². The number of hydrogen-bond acceptors (Lipinski definition) is 2. The van der Waals surface area contributed by atoms with Crippen LogP contribution in [0.25, 0.3) is 0 Å². The molecule has 0 aliphatic heterocycles. The molecule has 1 aromatic rings. The highest BCUT2D eigenvalue weighted by atomic mass is 79.9. The van der Waals surface area contributed by atoms with Crippen molar-refractivity contribution in [1.82, 2.24) is 4.90 Å². The fourth-order valence-electron chi connectivity index (χ4n) is 3.01. The molecule has 0 radical (unpaired) electrons. The summed E-state index contributed by atoms with van der Waals surface area (Å²) in [5, 5.41) is 0. The van der Waals surface area contributed by atoms with Crippen molar-refractivity contribution in [1.29, 1.82) is 0 Å². The largest absolute Gasteiger partial charge is 0.338 e. The van der Waals surface area contributed by atoms with E-state index < -0.39 is 0 Å². The summed E-state index contributed by atoms with van der Waals surface area (Å²) >= 11 is 3.43. The fourth-order valence-corrected chi connectivity index (χ4v) is 3.49. The van der Waals surface area contributed by atoms with Crippen molar-refractivity contribution < 1.29 is 4.79 Å². The predicted molar refractivity (Wildman–Crippen MR) is 81.2 cm³/mol. The summed E-state index contributed by atoms with van der Waals surface area (Å²) in [7, 11) is 1.91. The first kappa shape index (κ1) is 14.5. The predicted octanol–water partition coefficient (Wildman–Crippen LogP) is 2.96. The third-order valence-corrected chi connectivity index (χ3v) is 4.65. The summed E-state index contributed by atoms with van der Waals surface area (Å²) < 4.78 is 1.00. The summed E-state index contributed by atoms with van der Waals surface area (Å²) in [6.45, 7) is 2.64. The van der Waals surface area contributed by atoms with Crippen LogP contribution >= 0.6 is 15.9 Å². The molecule has 0 spiro atoms. The number of nitrogens with zero attached hydrogens (tertiary/aromatic N) is 1. The highest BCUT2D eigenvalue weighted by molar-refractivity contribution is 9.10. The zero-order chi connectivity index (χ0) is 14.0. The van der Waals surface area contributed by atoms with Crippen LogP contribution in [-0.4, -0.2) is 30.4 Å². The van der Waals surface area contributed by atoms with E-state index in [9.17, 15) is 4.79 Å². The third-order valence-electron chi connectivity index (χ3n) is 4.16. The number of carbonyl (C=O) groups excluding carboxylic acids is 1. The molecule has 1 aliphatic rings. The number of aryl methyl sites for hydroxylation is 1. The Morgan fingerprint density at radius 2 is 2.21 bits per heavy atom. The molecule has 1 amide bonds. The van der Waals surface area contributed by atoms with Crippen LogP contribution in [0.2, 0.25) is 0 Å². The SMILES string of the molecule is Cc1cc(Br)ccc1C(=O)N(C)C1CCCC1CN. The van der Waals surface area contributed by atoms with Gasteiger partial charge in [-0.25, -0.2) is 0 Å². The summed E-state index contributed by atoms with van der Waals surface area (Å²) in [6.07, 6.45) is 3.38. The zero-order valence-electron chi connectivity index (χ0n) is 11.5. The van der Waals surface area contributed by atoms with E-state index in [2.05, 4.69) is 15.9 Å². The Morgan fingerprint density at radius 3 is 2.84 bits per heavy atom. The number of rotatable bonds is 3. The summed E-state index contributed by atoms with van der Waals surface area (Å²) in [4.78, 5) is 14.5. The average molecular weight is 325 g/mol. The van der Waals surface area contributed by atoms with Gasteiger partial charge in [0.2, 0.25) is 0 Å². The van der Waals surface area contributed by atoms with E-state index in [1.165, 1.54) is 6.42 Å². The van der Waals surface area contributed by atoms with Crippen LogP contribution < -0.4 is 5.73 Å². The maximum Gasteiger partial charge on any atom is 0.254 e. The lowest BCUT2D eigenvalue weighted by molar-refractivity contribution is 0.0699. The van der Waals surface area contributed by atoms with Crippen LogP contribution in [0.3, 0.4) is 0 Å². The molecular formula is C15H21BrN2O. The van der Waals surface area contributed by atoms with Gasteiger partial charge in [0.05, 0.1) is 0 Å². The van der Waals surface area contributed by atoms with Gasteiger partial charge in [0, 0.05) is 23.1 Å². The molecule has 2 rings (SSSR count). The minimum Gasteiger partial charge on any atom is -0.338 e. The third kappa shape index (κ3) is 3.00. The molecule has 104 valence electrons. The molecule has 1 aliphatic carbocycles. The van der Waals surface area contributed by atoms with E-state index in [-0.39, 0.29) is 5.91 Å². The number of amides is 1. The molecule has 2 N–H and O–H groups in total. The van der Waals surface area contributed by atoms with Crippen molar-refractivity contribution in [2.45, 2.75) is 32.2 Å². The normalized spacial score (nSPS) is 22.5. The first-order valence-corrected chi connectivity index (χ1v) is 7.57. The Hall–Kier alpha value is -0.870. The smallest absolute Gasteiger partial charge is 0.254 e. The Balaban J connectivity index is 2.19. The van der Waals surface area contributed by atoms with Gasteiger partial charge in [-0.05, 0) is 56.0 Å². The molecule has 0 aromatic heterocycles. The molecule has 4 heteroatoms. The van der Waals surface area contributed by atoms with Crippen molar-refractivity contribution in [3.63, 3.8) is 0 Å². The molecule has 1 saturated carbocycles. The molecule has 0 saturated heterocycles. The zero-order valence-corrected chi connectivity index (χ0v) is 13.1. The monoisotopic (exact) mass is 324 g/mol. The van der Waals surface area contributed by atoms with Gasteiger partial charge in [0.1, 0.15) is 0 Å². The lowest BCUT2D eigenvalue weighted by Gasteiger charge is -2.29. The van der Waals surface area contributed by atoms with Crippen LogP contribution in [0.4, 0.5) is 0 Å². The van der Waals surface area contributed by atoms with Crippen molar-refractivity contribution in [2.75, 3.05) is 13.6 Å². The molecule has 19 heavy (non-hydrogen) atoms. The first-order chi connectivity index (χ1) is 9.04. The molecule has 2 unspecified atom stereocenters. The maximum absolute atomic E-state index is 12.6. The Labute approximate surface area is 123 Å². The quantitative estimate of drug-likeness (QED) is 0.929. The minimum absolute atomic E-state index is 0.107. The number of carbonyl (C=O) groups is 1. The number of halogens is 1. The molecule has 1 fully saturated rings. The van der Waals surface area contributed by atoms with Crippen molar-refractivity contribution in [3.05, 3.63) is 33.8 Å².